The molecule has 1 heterocycles. The number of ether oxygens (including phenoxy) is 1. The van der Waals surface area contributed by atoms with Gasteiger partial charge in [-0.1, -0.05) is 36.4 Å². The van der Waals surface area contributed by atoms with Crippen molar-refractivity contribution in [2.75, 3.05) is 6.61 Å². The maximum Gasteiger partial charge on any atom is 0.136 e. The Bertz CT molecular complexity index is 620. The summed E-state index contributed by atoms with van der Waals surface area (Å²) in [4.78, 5) is 4.19. The van der Waals surface area contributed by atoms with Crippen LogP contribution in [0.1, 0.15) is 38.1 Å². The number of aliphatic hydroxyl groups is 1. The van der Waals surface area contributed by atoms with Gasteiger partial charge in [0.25, 0.3) is 0 Å². The number of nitrogens with one attached hydrogen (secondary N) is 1. The highest BCUT2D eigenvalue weighted by Gasteiger charge is 2.33. The first-order chi connectivity index (χ1) is 11.9. The lowest BCUT2D eigenvalue weighted by molar-refractivity contribution is 0.0467. The fraction of sp³-hybridized carbons (Fsp3) is 0.421. The Morgan fingerprint density at radius 2 is 1.84 bits per heavy atom. The second-order valence-electron chi connectivity index (χ2n) is 6.81. The number of aromatic nitrogens is 1. The number of hydrogen-bond acceptors (Lipinski definition) is 5. The molecular weight excluding hydrogens is 336 g/mol. The maximum atomic E-state index is 12.5. The van der Waals surface area contributed by atoms with Crippen molar-refractivity contribution in [2.24, 2.45) is 0 Å². The molecule has 0 radical (unpaired) electrons. The molecule has 1 aromatic carbocycles. The SMILES string of the molecule is CC(C)(C)[S@@+]([O-])NC(COCc1ccccc1)C(O)c1ccccn1. The van der Waals surface area contributed by atoms with E-state index in [2.05, 4.69) is 9.71 Å². The van der Waals surface area contributed by atoms with E-state index in [0.717, 1.165) is 5.56 Å². The summed E-state index contributed by atoms with van der Waals surface area (Å²) in [5.74, 6) is 0. The van der Waals surface area contributed by atoms with Gasteiger partial charge in [0, 0.05) is 17.6 Å². The van der Waals surface area contributed by atoms with Crippen LogP contribution in [0.5, 0.6) is 0 Å². The Morgan fingerprint density at radius 1 is 1.16 bits per heavy atom. The fourth-order valence-electron chi connectivity index (χ4n) is 2.14. The van der Waals surface area contributed by atoms with Gasteiger partial charge in [-0.3, -0.25) is 4.98 Å². The largest absolute Gasteiger partial charge is 0.598 e. The van der Waals surface area contributed by atoms with E-state index in [9.17, 15) is 9.66 Å². The van der Waals surface area contributed by atoms with E-state index in [1.54, 1.807) is 18.3 Å². The lowest BCUT2D eigenvalue weighted by Crippen LogP contribution is -2.49. The molecule has 5 nitrogen and oxygen atoms in total. The smallest absolute Gasteiger partial charge is 0.136 e. The molecule has 0 aliphatic rings. The van der Waals surface area contributed by atoms with Gasteiger partial charge in [-0.25, -0.2) is 0 Å². The monoisotopic (exact) mass is 362 g/mol. The summed E-state index contributed by atoms with van der Waals surface area (Å²) >= 11 is -1.33. The minimum atomic E-state index is -1.33. The van der Waals surface area contributed by atoms with Crippen molar-refractivity contribution >= 4 is 11.4 Å². The fourth-order valence-corrected chi connectivity index (χ4v) is 2.96. The Balaban J connectivity index is 2.03. The Kier molecular flexibility index (Phi) is 7.40. The van der Waals surface area contributed by atoms with Crippen LogP contribution in [-0.4, -0.2) is 32.0 Å². The third kappa shape index (κ3) is 6.41. The predicted molar refractivity (Wildman–Crippen MR) is 100 cm³/mol. The molecule has 0 aliphatic carbocycles. The molecule has 2 N–H and O–H groups in total. The normalized spacial score (nSPS) is 15.6. The average Bonchev–Trinajstić information content (AvgIpc) is 2.61. The molecule has 136 valence electrons. The summed E-state index contributed by atoms with van der Waals surface area (Å²) in [7, 11) is 0. The maximum absolute atomic E-state index is 12.5. The van der Waals surface area contributed by atoms with Crippen LogP contribution in [0.3, 0.4) is 0 Å². The second kappa shape index (κ2) is 9.31. The van der Waals surface area contributed by atoms with Gasteiger partial charge in [0.1, 0.15) is 16.9 Å². The Labute approximate surface area is 152 Å². The quantitative estimate of drug-likeness (QED) is 0.706. The molecule has 3 atom stereocenters. The molecule has 0 amide bonds. The number of benzene rings is 1. The summed E-state index contributed by atoms with van der Waals surface area (Å²) in [6.07, 6.45) is 0.713. The highest BCUT2D eigenvalue weighted by atomic mass is 32.2. The van der Waals surface area contributed by atoms with Gasteiger partial charge >= 0.3 is 0 Å². The highest BCUT2D eigenvalue weighted by Crippen LogP contribution is 2.20. The van der Waals surface area contributed by atoms with Gasteiger partial charge in [0.2, 0.25) is 0 Å². The lowest BCUT2D eigenvalue weighted by atomic mass is 10.1. The molecule has 0 bridgehead atoms. The topological polar surface area (TPSA) is 77.4 Å². The summed E-state index contributed by atoms with van der Waals surface area (Å²) in [5, 5.41) is 10.7. The molecule has 0 aliphatic heterocycles. The van der Waals surface area contributed by atoms with Gasteiger partial charge in [0.05, 0.1) is 18.9 Å². The first-order valence-electron chi connectivity index (χ1n) is 8.26. The van der Waals surface area contributed by atoms with Gasteiger partial charge in [-0.2, -0.15) is 0 Å². The van der Waals surface area contributed by atoms with Crippen LogP contribution in [0.15, 0.2) is 54.7 Å². The molecule has 0 fully saturated rings. The second-order valence-corrected chi connectivity index (χ2v) is 8.80. The van der Waals surface area contributed by atoms with Crippen molar-refractivity contribution in [3.8, 4) is 0 Å². The molecule has 0 spiro atoms. The first kappa shape index (κ1) is 19.9. The van der Waals surface area contributed by atoms with Crippen LogP contribution in [-0.2, 0) is 22.7 Å². The van der Waals surface area contributed by atoms with E-state index in [-0.39, 0.29) is 6.61 Å². The van der Waals surface area contributed by atoms with Crippen LogP contribution in [0.2, 0.25) is 0 Å². The van der Waals surface area contributed by atoms with Crippen molar-refractivity contribution < 1.29 is 14.4 Å². The molecule has 2 aromatic rings. The molecule has 2 rings (SSSR count). The average molecular weight is 362 g/mol. The van der Waals surface area contributed by atoms with Crippen LogP contribution in [0, 0.1) is 0 Å². The third-order valence-electron chi connectivity index (χ3n) is 3.60. The van der Waals surface area contributed by atoms with E-state index in [4.69, 9.17) is 4.74 Å². The zero-order chi connectivity index (χ0) is 18.3. The standard InChI is InChI=1S/C19H26N2O3S/c1-19(2,3)25(23)21-17(18(22)16-11-7-8-12-20-16)14-24-13-15-9-5-4-6-10-15/h4-12,17-18,21-22H,13-14H2,1-3H3/t17?,18?,25-/m1/s1. The first-order valence-corrected chi connectivity index (χ1v) is 9.41. The molecule has 2 unspecified atom stereocenters. The van der Waals surface area contributed by atoms with Crippen LogP contribution in [0.25, 0.3) is 0 Å². The van der Waals surface area contributed by atoms with Gasteiger partial charge in [-0.05, 0) is 38.5 Å². The van der Waals surface area contributed by atoms with E-state index >= 15 is 0 Å². The number of aliphatic hydroxyl groups excluding tert-OH is 1. The number of rotatable bonds is 8. The van der Waals surface area contributed by atoms with Crippen molar-refractivity contribution in [2.45, 2.75) is 44.3 Å². The van der Waals surface area contributed by atoms with E-state index in [1.807, 2.05) is 57.2 Å². The van der Waals surface area contributed by atoms with Gasteiger partial charge < -0.3 is 14.4 Å². The highest BCUT2D eigenvalue weighted by molar-refractivity contribution is 7.90. The number of pyridine rings is 1. The Hall–Kier alpha value is -1.44. The van der Waals surface area contributed by atoms with Gasteiger partial charge in [-0.15, -0.1) is 4.72 Å². The molecule has 0 saturated heterocycles. The number of hydrogen-bond donors (Lipinski definition) is 2. The van der Waals surface area contributed by atoms with Gasteiger partial charge in [0.15, 0.2) is 0 Å². The Morgan fingerprint density at radius 3 is 2.44 bits per heavy atom. The van der Waals surface area contributed by atoms with Crippen molar-refractivity contribution in [3.63, 3.8) is 0 Å². The van der Waals surface area contributed by atoms with Crippen LogP contribution in [0.4, 0.5) is 0 Å². The minimum Gasteiger partial charge on any atom is -0.598 e. The van der Waals surface area contributed by atoms with Crippen LogP contribution >= 0.6 is 0 Å². The summed E-state index contributed by atoms with van der Waals surface area (Å²) in [6.45, 7) is 6.28. The molecular formula is C19H26N2O3S. The third-order valence-corrected chi connectivity index (χ3v) is 5.22. The van der Waals surface area contributed by atoms with Crippen molar-refractivity contribution in [1.29, 1.82) is 0 Å². The minimum absolute atomic E-state index is 0.217. The summed E-state index contributed by atoms with van der Waals surface area (Å²) in [6, 6.07) is 14.6. The molecule has 6 heteroatoms. The zero-order valence-corrected chi connectivity index (χ0v) is 15.7. The predicted octanol–water partition coefficient (Wildman–Crippen LogP) is 2.75. The molecule has 1 aromatic heterocycles. The van der Waals surface area contributed by atoms with Crippen molar-refractivity contribution in [1.82, 2.24) is 9.71 Å². The van der Waals surface area contributed by atoms with Crippen LogP contribution < -0.4 is 4.72 Å². The summed E-state index contributed by atoms with van der Waals surface area (Å²) in [5.41, 5.74) is 1.57. The van der Waals surface area contributed by atoms with E-state index in [1.165, 1.54) is 0 Å². The van der Waals surface area contributed by atoms with E-state index in [0.29, 0.717) is 12.3 Å². The molecule has 0 saturated carbocycles. The van der Waals surface area contributed by atoms with E-state index < -0.39 is 28.3 Å². The zero-order valence-electron chi connectivity index (χ0n) is 14.9. The summed E-state index contributed by atoms with van der Waals surface area (Å²) < 4.78 is 20.8. The lowest BCUT2D eigenvalue weighted by Gasteiger charge is -2.30. The van der Waals surface area contributed by atoms with Crippen molar-refractivity contribution in [3.05, 3.63) is 66.0 Å². The number of nitrogens with zero attached hydrogens (tertiary/aromatic N) is 1. The molecule has 25 heavy (non-hydrogen) atoms.